The summed E-state index contributed by atoms with van der Waals surface area (Å²) in [5.41, 5.74) is 0.500. The van der Waals surface area contributed by atoms with Crippen LogP contribution in [0.15, 0.2) is 24.3 Å². The molecule has 0 radical (unpaired) electrons. The van der Waals surface area contributed by atoms with Crippen LogP contribution in [0.2, 0.25) is 0 Å². The van der Waals surface area contributed by atoms with Crippen LogP contribution in [0.1, 0.15) is 31.1 Å². The molecule has 0 saturated carbocycles. The van der Waals surface area contributed by atoms with Crippen molar-refractivity contribution >= 4 is 11.8 Å². The number of likely N-dealkylation sites (N-methyl/N-ethyl adjacent to an activating group) is 1. The molecule has 6 nitrogen and oxygen atoms in total. The van der Waals surface area contributed by atoms with Crippen LogP contribution in [0.4, 0.5) is 0 Å². The van der Waals surface area contributed by atoms with Crippen LogP contribution in [0.3, 0.4) is 0 Å². The van der Waals surface area contributed by atoms with E-state index >= 15 is 0 Å². The van der Waals surface area contributed by atoms with Crippen LogP contribution in [0.5, 0.6) is 5.75 Å². The van der Waals surface area contributed by atoms with Crippen LogP contribution in [-0.2, 0) is 4.79 Å². The minimum atomic E-state index is -0.277. The Morgan fingerprint density at radius 2 is 1.75 bits per heavy atom. The molecular formula is C18H29N3O3. The van der Waals surface area contributed by atoms with Gasteiger partial charge in [-0.25, -0.2) is 0 Å². The van der Waals surface area contributed by atoms with Gasteiger partial charge in [-0.3, -0.25) is 9.59 Å². The molecule has 24 heavy (non-hydrogen) atoms. The van der Waals surface area contributed by atoms with E-state index in [0.29, 0.717) is 24.6 Å². The maximum atomic E-state index is 12.0. The minimum absolute atomic E-state index is 0.0374. The first-order valence-electron chi connectivity index (χ1n) is 8.29. The van der Waals surface area contributed by atoms with E-state index in [1.807, 2.05) is 21.0 Å². The fourth-order valence-corrected chi connectivity index (χ4v) is 2.43. The van der Waals surface area contributed by atoms with Crippen molar-refractivity contribution in [2.45, 2.75) is 26.8 Å². The molecule has 0 aliphatic carbocycles. The van der Waals surface area contributed by atoms with Gasteiger partial charge in [-0.1, -0.05) is 13.8 Å². The molecular weight excluding hydrogens is 306 g/mol. The molecule has 134 valence electrons. The number of hydrogen-bond acceptors (Lipinski definition) is 4. The average Bonchev–Trinajstić information content (AvgIpc) is 2.53. The summed E-state index contributed by atoms with van der Waals surface area (Å²) in [6.45, 7) is 7.23. The van der Waals surface area contributed by atoms with Crippen LogP contribution in [0, 0.1) is 5.92 Å². The summed E-state index contributed by atoms with van der Waals surface area (Å²) in [5.74, 6) is 0.678. The van der Waals surface area contributed by atoms with Gasteiger partial charge in [0.2, 0.25) is 5.91 Å². The average molecular weight is 335 g/mol. The molecule has 0 aliphatic rings. The Kier molecular flexibility index (Phi) is 8.26. The normalized spacial score (nSPS) is 12.1. The highest BCUT2D eigenvalue weighted by Gasteiger charge is 2.16. The Morgan fingerprint density at radius 1 is 1.12 bits per heavy atom. The summed E-state index contributed by atoms with van der Waals surface area (Å²) in [4.78, 5) is 26.0. The second kappa shape index (κ2) is 9.93. The van der Waals surface area contributed by atoms with Crippen LogP contribution in [-0.4, -0.2) is 56.5 Å². The SMILES string of the molecule is CCOc1ccc(C(=O)NCC(=O)NCC(C(C)C)N(C)C)cc1. The minimum Gasteiger partial charge on any atom is -0.494 e. The van der Waals surface area contributed by atoms with Crippen molar-refractivity contribution in [1.29, 1.82) is 0 Å². The van der Waals surface area contributed by atoms with E-state index in [1.54, 1.807) is 24.3 Å². The van der Waals surface area contributed by atoms with E-state index in [1.165, 1.54) is 0 Å². The van der Waals surface area contributed by atoms with E-state index in [4.69, 9.17) is 4.74 Å². The lowest BCUT2D eigenvalue weighted by molar-refractivity contribution is -0.120. The Hall–Kier alpha value is -2.08. The smallest absolute Gasteiger partial charge is 0.251 e. The molecule has 0 aliphatic heterocycles. The second-order valence-corrected chi connectivity index (χ2v) is 6.22. The predicted molar refractivity (Wildman–Crippen MR) is 95.3 cm³/mol. The number of rotatable bonds is 9. The zero-order valence-corrected chi connectivity index (χ0v) is 15.3. The lowest BCUT2D eigenvalue weighted by Gasteiger charge is -2.28. The van der Waals surface area contributed by atoms with E-state index in [9.17, 15) is 9.59 Å². The first-order valence-corrected chi connectivity index (χ1v) is 8.29. The van der Waals surface area contributed by atoms with Gasteiger partial charge >= 0.3 is 0 Å². The van der Waals surface area contributed by atoms with Crippen molar-refractivity contribution in [2.24, 2.45) is 5.92 Å². The van der Waals surface area contributed by atoms with Crippen molar-refractivity contribution in [3.8, 4) is 5.75 Å². The number of benzene rings is 1. The summed E-state index contributed by atoms with van der Waals surface area (Å²) in [6, 6.07) is 7.10. The largest absolute Gasteiger partial charge is 0.494 e. The molecule has 1 aromatic carbocycles. The van der Waals surface area contributed by atoms with Crippen molar-refractivity contribution in [3.63, 3.8) is 0 Å². The third-order valence-electron chi connectivity index (χ3n) is 3.78. The van der Waals surface area contributed by atoms with Crippen LogP contribution < -0.4 is 15.4 Å². The van der Waals surface area contributed by atoms with Crippen molar-refractivity contribution in [1.82, 2.24) is 15.5 Å². The number of hydrogen-bond donors (Lipinski definition) is 2. The van der Waals surface area contributed by atoms with Gasteiger partial charge < -0.3 is 20.3 Å². The van der Waals surface area contributed by atoms with Gasteiger partial charge in [0.15, 0.2) is 0 Å². The van der Waals surface area contributed by atoms with E-state index in [0.717, 1.165) is 5.75 Å². The molecule has 1 atom stereocenters. The van der Waals surface area contributed by atoms with Gasteiger partial charge in [0.1, 0.15) is 5.75 Å². The maximum Gasteiger partial charge on any atom is 0.251 e. The Balaban J connectivity index is 2.41. The molecule has 2 amide bonds. The summed E-state index contributed by atoms with van der Waals surface area (Å²) in [6.07, 6.45) is 0. The Bertz CT molecular complexity index is 519. The number of ether oxygens (including phenoxy) is 1. The van der Waals surface area contributed by atoms with E-state index in [2.05, 4.69) is 29.4 Å². The quantitative estimate of drug-likeness (QED) is 0.718. The molecule has 0 heterocycles. The number of carbonyl (C=O) groups is 2. The molecule has 0 spiro atoms. The number of carbonyl (C=O) groups excluding carboxylic acids is 2. The third-order valence-corrected chi connectivity index (χ3v) is 3.78. The standard InChI is InChI=1S/C18H29N3O3/c1-6-24-15-9-7-14(8-10-15)18(23)20-12-17(22)19-11-16(13(2)3)21(4)5/h7-10,13,16H,6,11-12H2,1-5H3,(H,19,22)(H,20,23). The first-order chi connectivity index (χ1) is 11.3. The fourth-order valence-electron chi connectivity index (χ4n) is 2.43. The number of amides is 2. The zero-order valence-electron chi connectivity index (χ0n) is 15.3. The molecule has 0 fully saturated rings. The Labute approximate surface area is 144 Å². The van der Waals surface area contributed by atoms with Crippen molar-refractivity contribution in [2.75, 3.05) is 33.8 Å². The second-order valence-electron chi connectivity index (χ2n) is 6.22. The van der Waals surface area contributed by atoms with Gasteiger partial charge in [0.25, 0.3) is 5.91 Å². The fraction of sp³-hybridized carbons (Fsp3) is 0.556. The molecule has 0 saturated heterocycles. The highest BCUT2D eigenvalue weighted by Crippen LogP contribution is 2.11. The molecule has 1 aromatic rings. The lowest BCUT2D eigenvalue weighted by atomic mass is 10.0. The van der Waals surface area contributed by atoms with Crippen LogP contribution >= 0.6 is 0 Å². The van der Waals surface area contributed by atoms with Gasteiger partial charge in [-0.2, -0.15) is 0 Å². The lowest BCUT2D eigenvalue weighted by Crippen LogP contribution is -2.46. The molecule has 0 aromatic heterocycles. The van der Waals surface area contributed by atoms with E-state index < -0.39 is 0 Å². The topological polar surface area (TPSA) is 70.7 Å². The van der Waals surface area contributed by atoms with Crippen molar-refractivity contribution < 1.29 is 14.3 Å². The van der Waals surface area contributed by atoms with Gasteiger partial charge in [0.05, 0.1) is 13.2 Å². The molecule has 6 heteroatoms. The van der Waals surface area contributed by atoms with Gasteiger partial charge in [-0.05, 0) is 51.2 Å². The van der Waals surface area contributed by atoms with Gasteiger partial charge in [0, 0.05) is 18.2 Å². The van der Waals surface area contributed by atoms with Crippen molar-refractivity contribution in [3.05, 3.63) is 29.8 Å². The third kappa shape index (κ3) is 6.58. The van der Waals surface area contributed by atoms with E-state index in [-0.39, 0.29) is 24.4 Å². The Morgan fingerprint density at radius 3 is 2.25 bits per heavy atom. The predicted octanol–water partition coefficient (Wildman–Crippen LogP) is 1.52. The number of nitrogens with zero attached hydrogens (tertiary/aromatic N) is 1. The summed E-state index contributed by atoms with van der Waals surface area (Å²) in [7, 11) is 3.98. The van der Waals surface area contributed by atoms with Gasteiger partial charge in [-0.15, -0.1) is 0 Å². The van der Waals surface area contributed by atoms with Crippen LogP contribution in [0.25, 0.3) is 0 Å². The number of nitrogens with one attached hydrogen (secondary N) is 2. The molecule has 0 bridgehead atoms. The summed E-state index contributed by atoms with van der Waals surface area (Å²) < 4.78 is 5.33. The maximum absolute atomic E-state index is 12.0. The summed E-state index contributed by atoms with van der Waals surface area (Å²) >= 11 is 0. The molecule has 1 rings (SSSR count). The first kappa shape index (κ1) is 20.0. The highest BCUT2D eigenvalue weighted by molar-refractivity contribution is 5.96. The molecule has 2 N–H and O–H groups in total. The zero-order chi connectivity index (χ0) is 18.1. The highest BCUT2D eigenvalue weighted by atomic mass is 16.5. The monoisotopic (exact) mass is 335 g/mol. The summed E-state index contributed by atoms with van der Waals surface area (Å²) in [5, 5.41) is 5.49. The molecule has 1 unspecified atom stereocenters.